The average Bonchev–Trinajstić information content (AvgIpc) is 2.97. The van der Waals surface area contributed by atoms with Gasteiger partial charge in [-0.15, -0.1) is 11.3 Å². The Balaban J connectivity index is 2.26. The number of aromatic nitrogens is 1. The van der Waals surface area contributed by atoms with Crippen LogP contribution in [0.15, 0.2) is 47.3 Å². The summed E-state index contributed by atoms with van der Waals surface area (Å²) in [5.41, 5.74) is 1.94. The van der Waals surface area contributed by atoms with E-state index in [4.69, 9.17) is 4.74 Å². The second kappa shape index (κ2) is 5.77. The number of rotatable bonds is 3. The minimum absolute atomic E-state index is 0.215. The van der Waals surface area contributed by atoms with Crippen LogP contribution in [0.2, 0.25) is 0 Å². The molecule has 0 N–H and O–H groups in total. The van der Waals surface area contributed by atoms with E-state index in [9.17, 15) is 9.59 Å². The Bertz CT molecular complexity index is 893. The summed E-state index contributed by atoms with van der Waals surface area (Å²) >= 11 is 1.49. The predicted molar refractivity (Wildman–Crippen MR) is 88.5 cm³/mol. The molecular weight excluding hydrogens is 298 g/mol. The lowest BCUT2D eigenvalue weighted by atomic mass is 10.2. The van der Waals surface area contributed by atoms with Crippen molar-refractivity contribution in [2.75, 3.05) is 6.61 Å². The molecule has 4 nitrogen and oxygen atoms in total. The molecule has 22 heavy (non-hydrogen) atoms. The second-order valence-corrected chi connectivity index (χ2v) is 5.92. The smallest absolute Gasteiger partial charge is 0.339 e. The highest BCUT2D eigenvalue weighted by Crippen LogP contribution is 2.34. The molecule has 3 aromatic rings. The number of ether oxygens (including phenoxy) is 1. The fourth-order valence-electron chi connectivity index (χ4n) is 2.33. The number of nitrogens with zero attached hydrogens (tertiary/aromatic N) is 1. The Hall–Kier alpha value is -2.40. The molecule has 0 aliphatic rings. The van der Waals surface area contributed by atoms with Gasteiger partial charge >= 0.3 is 5.97 Å². The summed E-state index contributed by atoms with van der Waals surface area (Å²) in [6.45, 7) is 2.03. The van der Waals surface area contributed by atoms with Gasteiger partial charge in [-0.3, -0.25) is 4.79 Å². The molecule has 0 amide bonds. The molecule has 2 aromatic heterocycles. The summed E-state index contributed by atoms with van der Waals surface area (Å²) < 4.78 is 7.40. The molecule has 0 spiro atoms. The number of carbonyl (C=O) groups excluding carboxylic acids is 1. The molecule has 0 bridgehead atoms. The summed E-state index contributed by atoms with van der Waals surface area (Å²) in [7, 11) is 1.71. The predicted octanol–water partition coefficient (Wildman–Crippen LogP) is 3.44. The minimum atomic E-state index is -0.452. The number of pyridine rings is 1. The highest BCUT2D eigenvalue weighted by atomic mass is 32.1. The molecule has 0 aliphatic carbocycles. The maximum atomic E-state index is 12.1. The lowest BCUT2D eigenvalue weighted by Gasteiger charge is -2.05. The van der Waals surface area contributed by atoms with Gasteiger partial charge in [-0.1, -0.05) is 30.3 Å². The minimum Gasteiger partial charge on any atom is -0.462 e. The normalized spacial score (nSPS) is 10.8. The zero-order valence-electron chi connectivity index (χ0n) is 12.3. The fraction of sp³-hybridized carbons (Fsp3) is 0.176. The molecular formula is C17H15NO3S. The third-order valence-corrected chi connectivity index (χ3v) is 4.68. The van der Waals surface area contributed by atoms with Crippen molar-refractivity contribution in [3.8, 4) is 10.4 Å². The summed E-state index contributed by atoms with van der Waals surface area (Å²) in [5, 5.41) is 0. The standard InChI is InChI=1S/C17H15NO3S/c1-3-21-17(20)12-9-15(19)18(2)13-10-14(22-16(12)13)11-7-5-4-6-8-11/h4-10H,3H2,1-2H3. The van der Waals surface area contributed by atoms with Crippen molar-refractivity contribution in [1.82, 2.24) is 4.57 Å². The van der Waals surface area contributed by atoms with Gasteiger partial charge < -0.3 is 9.30 Å². The van der Waals surface area contributed by atoms with E-state index in [1.54, 1.807) is 18.5 Å². The number of hydrogen-bond donors (Lipinski definition) is 0. The van der Waals surface area contributed by atoms with E-state index in [1.165, 1.54) is 17.4 Å². The maximum Gasteiger partial charge on any atom is 0.339 e. The van der Waals surface area contributed by atoms with Crippen molar-refractivity contribution in [3.05, 3.63) is 58.4 Å². The Kier molecular flexibility index (Phi) is 3.81. The van der Waals surface area contributed by atoms with E-state index < -0.39 is 5.97 Å². The van der Waals surface area contributed by atoms with Gasteiger partial charge in [-0.25, -0.2) is 4.79 Å². The summed E-state index contributed by atoms with van der Waals surface area (Å²) in [4.78, 5) is 25.2. The van der Waals surface area contributed by atoms with E-state index in [0.717, 1.165) is 20.7 Å². The lowest BCUT2D eigenvalue weighted by Crippen LogP contribution is -2.18. The number of esters is 1. The summed E-state index contributed by atoms with van der Waals surface area (Å²) in [5.74, 6) is -0.452. The first-order chi connectivity index (χ1) is 10.6. The van der Waals surface area contributed by atoms with Gasteiger partial charge in [-0.2, -0.15) is 0 Å². The number of aryl methyl sites for hydroxylation is 1. The molecule has 1 aromatic carbocycles. The van der Waals surface area contributed by atoms with Crippen molar-refractivity contribution in [2.24, 2.45) is 7.05 Å². The number of fused-ring (bicyclic) bond motifs is 1. The Morgan fingerprint density at radius 2 is 1.95 bits per heavy atom. The van der Waals surface area contributed by atoms with Gasteiger partial charge in [0.1, 0.15) is 0 Å². The number of benzene rings is 1. The quantitative estimate of drug-likeness (QED) is 0.696. The first-order valence-electron chi connectivity index (χ1n) is 6.98. The van der Waals surface area contributed by atoms with Crippen molar-refractivity contribution in [2.45, 2.75) is 6.92 Å². The molecule has 0 radical (unpaired) electrons. The van der Waals surface area contributed by atoms with E-state index >= 15 is 0 Å². The Labute approximate surface area is 131 Å². The first-order valence-corrected chi connectivity index (χ1v) is 7.79. The summed E-state index contributed by atoms with van der Waals surface area (Å²) in [6.07, 6.45) is 0. The van der Waals surface area contributed by atoms with Crippen LogP contribution >= 0.6 is 11.3 Å². The molecule has 0 fully saturated rings. The molecule has 5 heteroatoms. The topological polar surface area (TPSA) is 48.3 Å². The Morgan fingerprint density at radius 1 is 1.23 bits per heavy atom. The molecule has 0 aliphatic heterocycles. The van der Waals surface area contributed by atoms with Crippen molar-refractivity contribution >= 4 is 27.5 Å². The average molecular weight is 313 g/mol. The van der Waals surface area contributed by atoms with Crippen LogP contribution in [0.1, 0.15) is 17.3 Å². The van der Waals surface area contributed by atoms with Crippen LogP contribution in [-0.2, 0) is 11.8 Å². The zero-order chi connectivity index (χ0) is 15.7. The van der Waals surface area contributed by atoms with Crippen molar-refractivity contribution in [3.63, 3.8) is 0 Å². The van der Waals surface area contributed by atoms with Crippen LogP contribution in [0.3, 0.4) is 0 Å². The van der Waals surface area contributed by atoms with Gasteiger partial charge in [0.2, 0.25) is 0 Å². The van der Waals surface area contributed by atoms with E-state index in [2.05, 4.69) is 0 Å². The third kappa shape index (κ3) is 2.44. The van der Waals surface area contributed by atoms with Gasteiger partial charge in [0.15, 0.2) is 0 Å². The van der Waals surface area contributed by atoms with Crippen LogP contribution in [0, 0.1) is 0 Å². The van der Waals surface area contributed by atoms with Crippen LogP contribution < -0.4 is 5.56 Å². The monoisotopic (exact) mass is 313 g/mol. The summed E-state index contributed by atoms with van der Waals surface area (Å²) in [6, 6.07) is 13.2. The van der Waals surface area contributed by atoms with Gasteiger partial charge in [0, 0.05) is 18.0 Å². The highest BCUT2D eigenvalue weighted by Gasteiger charge is 2.17. The van der Waals surface area contributed by atoms with Gasteiger partial charge in [0.25, 0.3) is 5.56 Å². The van der Waals surface area contributed by atoms with Crippen LogP contribution in [0.4, 0.5) is 0 Å². The number of hydrogen-bond acceptors (Lipinski definition) is 4. The lowest BCUT2D eigenvalue weighted by molar-refractivity contribution is 0.0528. The van der Waals surface area contributed by atoms with Gasteiger partial charge in [0.05, 0.1) is 22.4 Å². The second-order valence-electron chi connectivity index (χ2n) is 4.87. The third-order valence-electron chi connectivity index (χ3n) is 3.47. The fourth-order valence-corrected chi connectivity index (χ4v) is 3.53. The maximum absolute atomic E-state index is 12.1. The Morgan fingerprint density at radius 3 is 2.64 bits per heavy atom. The van der Waals surface area contributed by atoms with Crippen molar-refractivity contribution in [1.29, 1.82) is 0 Å². The van der Waals surface area contributed by atoms with Crippen molar-refractivity contribution < 1.29 is 9.53 Å². The number of carbonyl (C=O) groups is 1. The van der Waals surface area contributed by atoms with Gasteiger partial charge in [-0.05, 0) is 18.6 Å². The molecule has 112 valence electrons. The molecule has 0 unspecified atom stereocenters. The van der Waals surface area contributed by atoms with Crippen LogP contribution in [-0.4, -0.2) is 17.1 Å². The molecule has 0 saturated heterocycles. The highest BCUT2D eigenvalue weighted by molar-refractivity contribution is 7.22. The molecule has 0 saturated carbocycles. The van der Waals surface area contributed by atoms with E-state index in [1.807, 2.05) is 36.4 Å². The van der Waals surface area contributed by atoms with Crippen LogP contribution in [0.5, 0.6) is 0 Å². The molecule has 3 rings (SSSR count). The van der Waals surface area contributed by atoms with Crippen LogP contribution in [0.25, 0.3) is 20.7 Å². The largest absolute Gasteiger partial charge is 0.462 e. The number of thiophene rings is 1. The van der Waals surface area contributed by atoms with E-state index in [-0.39, 0.29) is 12.2 Å². The molecule has 0 atom stereocenters. The SMILES string of the molecule is CCOC(=O)c1cc(=O)n(C)c2cc(-c3ccccc3)sc12. The molecule has 2 heterocycles. The zero-order valence-corrected chi connectivity index (χ0v) is 13.1. The first kappa shape index (κ1) is 14.5. The van der Waals surface area contributed by atoms with E-state index in [0.29, 0.717) is 5.56 Å².